The van der Waals surface area contributed by atoms with Gasteiger partial charge in [0.2, 0.25) is 5.91 Å². The third-order valence-corrected chi connectivity index (χ3v) is 3.41. The molecule has 2 aromatic rings. The van der Waals surface area contributed by atoms with E-state index in [9.17, 15) is 9.18 Å². The summed E-state index contributed by atoms with van der Waals surface area (Å²) in [7, 11) is 0. The normalized spacial score (nSPS) is 10.9. The van der Waals surface area contributed by atoms with Crippen LogP contribution in [-0.4, -0.2) is 5.91 Å². The molecule has 0 fully saturated rings. The number of rotatable bonds is 3. The molecule has 1 N–H and O–H groups in total. The molecule has 0 saturated heterocycles. The molecule has 1 amide bonds. The van der Waals surface area contributed by atoms with Crippen molar-refractivity contribution in [2.45, 2.75) is 6.92 Å². The Labute approximate surface area is 132 Å². The van der Waals surface area contributed by atoms with Crippen molar-refractivity contribution < 1.29 is 9.18 Å². The van der Waals surface area contributed by atoms with Gasteiger partial charge in [0.25, 0.3) is 0 Å². The van der Waals surface area contributed by atoms with E-state index in [1.807, 2.05) is 6.92 Å². The molecule has 108 valence electrons. The molecule has 0 heterocycles. The summed E-state index contributed by atoms with van der Waals surface area (Å²) >= 11 is 11.7. The number of anilines is 1. The second-order valence-electron chi connectivity index (χ2n) is 4.42. The molecule has 2 aromatic carbocycles. The molecule has 21 heavy (non-hydrogen) atoms. The van der Waals surface area contributed by atoms with Gasteiger partial charge < -0.3 is 5.32 Å². The van der Waals surface area contributed by atoms with Crippen LogP contribution in [0, 0.1) is 12.7 Å². The minimum absolute atomic E-state index is 0.183. The summed E-state index contributed by atoms with van der Waals surface area (Å²) in [4.78, 5) is 11.8. The van der Waals surface area contributed by atoms with E-state index in [-0.39, 0.29) is 16.5 Å². The van der Waals surface area contributed by atoms with E-state index in [0.29, 0.717) is 10.7 Å². The van der Waals surface area contributed by atoms with Crippen LogP contribution in [0.3, 0.4) is 0 Å². The first-order chi connectivity index (χ1) is 9.97. The van der Waals surface area contributed by atoms with E-state index >= 15 is 0 Å². The zero-order valence-electron chi connectivity index (χ0n) is 11.2. The molecule has 2 nitrogen and oxygen atoms in total. The number of nitrogens with one attached hydrogen (secondary N) is 1. The van der Waals surface area contributed by atoms with Crippen molar-refractivity contribution in [1.29, 1.82) is 0 Å². The molecule has 0 atom stereocenters. The van der Waals surface area contributed by atoms with Crippen molar-refractivity contribution in [3.8, 4) is 0 Å². The summed E-state index contributed by atoms with van der Waals surface area (Å²) in [6, 6.07) is 9.49. The smallest absolute Gasteiger partial charge is 0.248 e. The van der Waals surface area contributed by atoms with Crippen LogP contribution in [0.1, 0.15) is 11.1 Å². The summed E-state index contributed by atoms with van der Waals surface area (Å²) < 4.78 is 13.6. The molecule has 0 aliphatic rings. The fraction of sp³-hybridized carbons (Fsp3) is 0.0625. The van der Waals surface area contributed by atoms with Gasteiger partial charge in [-0.3, -0.25) is 4.79 Å². The van der Waals surface area contributed by atoms with Crippen molar-refractivity contribution in [3.63, 3.8) is 0 Å². The van der Waals surface area contributed by atoms with Crippen molar-refractivity contribution >= 4 is 40.9 Å². The van der Waals surface area contributed by atoms with E-state index in [0.717, 1.165) is 5.56 Å². The van der Waals surface area contributed by atoms with Gasteiger partial charge >= 0.3 is 0 Å². The lowest BCUT2D eigenvalue weighted by Crippen LogP contribution is -2.08. The minimum Gasteiger partial charge on any atom is -0.322 e. The molecule has 0 saturated carbocycles. The van der Waals surface area contributed by atoms with Gasteiger partial charge in [-0.2, -0.15) is 0 Å². The van der Waals surface area contributed by atoms with Gasteiger partial charge in [0, 0.05) is 22.3 Å². The van der Waals surface area contributed by atoms with E-state index in [1.165, 1.54) is 24.3 Å². The number of aryl methyl sites for hydroxylation is 1. The Morgan fingerprint density at radius 1 is 1.24 bits per heavy atom. The Balaban J connectivity index is 2.13. The molecule has 0 aliphatic carbocycles. The van der Waals surface area contributed by atoms with Crippen LogP contribution in [0.2, 0.25) is 10.0 Å². The molecule has 0 bridgehead atoms. The maximum Gasteiger partial charge on any atom is 0.248 e. The highest BCUT2D eigenvalue weighted by atomic mass is 35.5. The number of amides is 1. The Kier molecular flexibility index (Phi) is 4.99. The second-order valence-corrected chi connectivity index (χ2v) is 5.26. The number of hydrogen-bond donors (Lipinski definition) is 1. The molecule has 0 aliphatic heterocycles. The summed E-state index contributed by atoms with van der Waals surface area (Å²) in [5, 5.41) is 3.54. The van der Waals surface area contributed by atoms with Crippen molar-refractivity contribution in [2.24, 2.45) is 0 Å². The first-order valence-corrected chi connectivity index (χ1v) is 6.92. The standard InChI is InChI=1S/C16H12Cl2FNO/c1-10-9-11(17)5-7-15(10)20-16(21)8-6-12-13(18)3-2-4-14(12)19/h2-9H,1H3,(H,20,21)/b8-6+. The van der Waals surface area contributed by atoms with Crippen molar-refractivity contribution in [3.05, 3.63) is 69.5 Å². The lowest BCUT2D eigenvalue weighted by atomic mass is 10.2. The number of benzene rings is 2. The van der Waals surface area contributed by atoms with Gasteiger partial charge in [-0.25, -0.2) is 4.39 Å². The number of hydrogen-bond acceptors (Lipinski definition) is 1. The monoisotopic (exact) mass is 323 g/mol. The molecular weight excluding hydrogens is 312 g/mol. The molecule has 2 rings (SSSR count). The van der Waals surface area contributed by atoms with E-state index in [4.69, 9.17) is 23.2 Å². The molecule has 0 aromatic heterocycles. The van der Waals surface area contributed by atoms with Crippen LogP contribution >= 0.6 is 23.2 Å². The summed E-state index contributed by atoms with van der Waals surface area (Å²) in [6.07, 6.45) is 2.58. The van der Waals surface area contributed by atoms with Crippen molar-refractivity contribution in [2.75, 3.05) is 5.32 Å². The van der Waals surface area contributed by atoms with Gasteiger partial charge in [0.05, 0.1) is 5.02 Å². The average molecular weight is 324 g/mol. The van der Waals surface area contributed by atoms with Gasteiger partial charge in [-0.1, -0.05) is 29.3 Å². The molecule has 0 spiro atoms. The second kappa shape index (κ2) is 6.74. The highest BCUT2D eigenvalue weighted by Gasteiger charge is 2.05. The first kappa shape index (κ1) is 15.5. The zero-order valence-corrected chi connectivity index (χ0v) is 12.7. The number of carbonyl (C=O) groups is 1. The number of halogens is 3. The van der Waals surface area contributed by atoms with Crippen molar-refractivity contribution in [1.82, 2.24) is 0 Å². The largest absolute Gasteiger partial charge is 0.322 e. The lowest BCUT2D eigenvalue weighted by molar-refractivity contribution is -0.111. The van der Waals surface area contributed by atoms with E-state index in [2.05, 4.69) is 5.32 Å². The Bertz CT molecular complexity index is 693. The van der Waals surface area contributed by atoms with Crippen LogP contribution < -0.4 is 5.32 Å². The fourth-order valence-electron chi connectivity index (χ4n) is 1.77. The van der Waals surface area contributed by atoms with Gasteiger partial charge in [-0.15, -0.1) is 0 Å². The van der Waals surface area contributed by atoms with Gasteiger partial charge in [0.15, 0.2) is 0 Å². The third-order valence-electron chi connectivity index (χ3n) is 2.85. The van der Waals surface area contributed by atoms with Crippen LogP contribution in [0.15, 0.2) is 42.5 Å². The minimum atomic E-state index is -0.478. The topological polar surface area (TPSA) is 29.1 Å². The third kappa shape index (κ3) is 4.06. The SMILES string of the molecule is Cc1cc(Cl)ccc1NC(=O)/C=C/c1c(F)cccc1Cl. The predicted octanol–water partition coefficient (Wildman–Crippen LogP) is 5.09. The van der Waals surface area contributed by atoms with Crippen LogP contribution in [0.5, 0.6) is 0 Å². The van der Waals surface area contributed by atoms with Gasteiger partial charge in [-0.05, 0) is 48.9 Å². The number of carbonyl (C=O) groups excluding carboxylic acids is 1. The van der Waals surface area contributed by atoms with E-state index < -0.39 is 5.82 Å². The van der Waals surface area contributed by atoms with Crippen LogP contribution in [0.25, 0.3) is 6.08 Å². The highest BCUT2D eigenvalue weighted by Crippen LogP contribution is 2.21. The summed E-state index contributed by atoms with van der Waals surface area (Å²) in [5.74, 6) is -0.853. The molecule has 0 unspecified atom stereocenters. The Morgan fingerprint density at radius 3 is 2.67 bits per heavy atom. The average Bonchev–Trinajstić information content (AvgIpc) is 2.41. The fourth-order valence-corrected chi connectivity index (χ4v) is 2.22. The van der Waals surface area contributed by atoms with E-state index in [1.54, 1.807) is 24.3 Å². The maximum atomic E-state index is 13.6. The van der Waals surface area contributed by atoms with Gasteiger partial charge in [0.1, 0.15) is 5.82 Å². The van der Waals surface area contributed by atoms with Crippen LogP contribution in [-0.2, 0) is 4.79 Å². The molecular formula is C16H12Cl2FNO. The first-order valence-electron chi connectivity index (χ1n) is 6.16. The molecule has 5 heteroatoms. The predicted molar refractivity (Wildman–Crippen MR) is 85.3 cm³/mol. The quantitative estimate of drug-likeness (QED) is 0.783. The Morgan fingerprint density at radius 2 is 2.00 bits per heavy atom. The highest BCUT2D eigenvalue weighted by molar-refractivity contribution is 6.32. The van der Waals surface area contributed by atoms with Crippen LogP contribution in [0.4, 0.5) is 10.1 Å². The molecule has 0 radical (unpaired) electrons. The lowest BCUT2D eigenvalue weighted by Gasteiger charge is -2.06. The zero-order chi connectivity index (χ0) is 15.4. The summed E-state index contributed by atoms with van der Waals surface area (Å²) in [6.45, 7) is 1.83. The Hall–Kier alpha value is -1.84. The maximum absolute atomic E-state index is 13.6. The summed E-state index contributed by atoms with van der Waals surface area (Å²) in [5.41, 5.74) is 1.67.